The van der Waals surface area contributed by atoms with Crippen molar-refractivity contribution in [3.05, 3.63) is 83.4 Å². The van der Waals surface area contributed by atoms with E-state index in [1.54, 1.807) is 43.3 Å². The summed E-state index contributed by atoms with van der Waals surface area (Å²) in [6.07, 6.45) is 0. The number of sulfonamides is 1. The molecule has 8 heteroatoms. The summed E-state index contributed by atoms with van der Waals surface area (Å²) in [5.74, 6) is 0.964. The van der Waals surface area contributed by atoms with Crippen molar-refractivity contribution in [2.75, 3.05) is 25.0 Å². The highest BCUT2D eigenvalue weighted by Gasteiger charge is 2.19. The minimum atomic E-state index is -3.88. The largest absolute Gasteiger partial charge is 0.497 e. The average molecular weight is 455 g/mol. The zero-order valence-corrected chi connectivity index (χ0v) is 19.0. The molecule has 3 aromatic rings. The number of hydrogen-bond acceptors (Lipinski definition) is 5. The van der Waals surface area contributed by atoms with Gasteiger partial charge >= 0.3 is 0 Å². The van der Waals surface area contributed by atoms with Crippen LogP contribution in [0.3, 0.4) is 0 Å². The van der Waals surface area contributed by atoms with E-state index in [1.807, 2.05) is 31.2 Å². The van der Waals surface area contributed by atoms with Gasteiger partial charge in [0.05, 0.1) is 18.6 Å². The van der Waals surface area contributed by atoms with Crippen LogP contribution in [0.25, 0.3) is 0 Å². The fourth-order valence-corrected chi connectivity index (χ4v) is 4.30. The van der Waals surface area contributed by atoms with Crippen LogP contribution < -0.4 is 19.5 Å². The van der Waals surface area contributed by atoms with Gasteiger partial charge in [-0.25, -0.2) is 8.42 Å². The molecule has 0 atom stereocenters. The summed E-state index contributed by atoms with van der Waals surface area (Å²) in [5, 5.41) is 2.75. The summed E-state index contributed by atoms with van der Waals surface area (Å²) >= 11 is 0. The lowest BCUT2D eigenvalue weighted by atomic mass is 10.1. The predicted octanol–water partition coefficient (Wildman–Crippen LogP) is 3.92. The number of methoxy groups -OCH3 is 1. The minimum absolute atomic E-state index is 0.0388. The molecule has 1 amide bonds. The molecule has 0 spiro atoms. The van der Waals surface area contributed by atoms with Gasteiger partial charge in [0, 0.05) is 11.3 Å². The number of hydrogen-bond donors (Lipinski definition) is 2. The third kappa shape index (κ3) is 6.01. The molecular weight excluding hydrogens is 428 g/mol. The lowest BCUT2D eigenvalue weighted by Gasteiger charge is -2.13. The van der Waals surface area contributed by atoms with Crippen LogP contribution in [0.4, 0.5) is 5.69 Å². The zero-order chi connectivity index (χ0) is 23.1. The van der Waals surface area contributed by atoms with Crippen molar-refractivity contribution in [1.29, 1.82) is 0 Å². The van der Waals surface area contributed by atoms with Gasteiger partial charge < -0.3 is 14.8 Å². The highest BCUT2D eigenvalue weighted by molar-refractivity contribution is 7.92. The summed E-state index contributed by atoms with van der Waals surface area (Å²) in [4.78, 5) is 12.6. The van der Waals surface area contributed by atoms with Gasteiger partial charge in [0.25, 0.3) is 15.9 Å². The van der Waals surface area contributed by atoms with Crippen LogP contribution in [0, 0.1) is 13.8 Å². The summed E-state index contributed by atoms with van der Waals surface area (Å²) < 4.78 is 39.0. The molecule has 3 rings (SSSR count). The summed E-state index contributed by atoms with van der Waals surface area (Å²) in [7, 11) is -2.34. The SMILES string of the molecule is COc1ccc(NS(=O)(=O)c2cc(C(=O)NCCOc3ccc(C)cc3)ccc2C)cc1. The zero-order valence-electron chi connectivity index (χ0n) is 18.2. The molecule has 0 bridgehead atoms. The lowest BCUT2D eigenvalue weighted by molar-refractivity contribution is 0.0946. The van der Waals surface area contributed by atoms with Gasteiger partial charge in [-0.3, -0.25) is 9.52 Å². The topological polar surface area (TPSA) is 93.7 Å². The molecule has 0 aliphatic carbocycles. The standard InChI is InChI=1S/C24H26N2O5S/c1-17-4-10-22(11-5-17)31-15-14-25-24(27)19-7-6-18(2)23(16-19)32(28,29)26-20-8-12-21(30-3)13-9-20/h4-13,16,26H,14-15H2,1-3H3,(H,25,27). The van der Waals surface area contributed by atoms with E-state index in [0.29, 0.717) is 23.6 Å². The molecule has 0 aliphatic rings. The van der Waals surface area contributed by atoms with E-state index in [0.717, 1.165) is 11.3 Å². The number of benzene rings is 3. The number of carbonyl (C=O) groups is 1. The second kappa shape index (κ2) is 10.2. The van der Waals surface area contributed by atoms with Crippen LogP contribution in [0.2, 0.25) is 0 Å². The third-order valence-corrected chi connectivity index (χ3v) is 6.28. The molecule has 2 N–H and O–H groups in total. The molecule has 3 aromatic carbocycles. The van der Waals surface area contributed by atoms with E-state index in [4.69, 9.17) is 9.47 Å². The number of nitrogens with one attached hydrogen (secondary N) is 2. The third-order valence-electron chi connectivity index (χ3n) is 4.76. The molecule has 0 fully saturated rings. The number of aryl methyl sites for hydroxylation is 2. The maximum Gasteiger partial charge on any atom is 0.262 e. The van der Waals surface area contributed by atoms with Crippen molar-refractivity contribution in [3.8, 4) is 11.5 Å². The average Bonchev–Trinajstić information content (AvgIpc) is 2.78. The maximum absolute atomic E-state index is 12.9. The molecule has 168 valence electrons. The molecule has 0 aromatic heterocycles. The molecule has 0 unspecified atom stereocenters. The Bertz CT molecular complexity index is 1170. The fourth-order valence-electron chi connectivity index (χ4n) is 2.97. The molecular formula is C24H26N2O5S. The first kappa shape index (κ1) is 23.1. The second-order valence-corrected chi connectivity index (χ2v) is 8.88. The first-order valence-electron chi connectivity index (χ1n) is 10.0. The van der Waals surface area contributed by atoms with Gasteiger partial charge in [-0.05, 0) is 67.9 Å². The number of ether oxygens (including phenoxy) is 2. The highest BCUT2D eigenvalue weighted by atomic mass is 32.2. The molecule has 0 heterocycles. The van der Waals surface area contributed by atoms with Gasteiger partial charge in [0.1, 0.15) is 18.1 Å². The molecule has 0 radical (unpaired) electrons. The van der Waals surface area contributed by atoms with Crippen LogP contribution in [0.15, 0.2) is 71.6 Å². The number of carbonyl (C=O) groups excluding carboxylic acids is 1. The summed E-state index contributed by atoms with van der Waals surface area (Å²) in [5.41, 5.74) is 2.32. The van der Waals surface area contributed by atoms with Crippen LogP contribution in [0.5, 0.6) is 11.5 Å². The van der Waals surface area contributed by atoms with E-state index >= 15 is 0 Å². The fraction of sp³-hybridized carbons (Fsp3) is 0.208. The summed E-state index contributed by atoms with van der Waals surface area (Å²) in [6.45, 7) is 4.25. The van der Waals surface area contributed by atoms with Crippen LogP contribution in [-0.2, 0) is 10.0 Å². The van der Waals surface area contributed by atoms with E-state index in [-0.39, 0.29) is 22.9 Å². The Morgan fingerprint density at radius 2 is 1.56 bits per heavy atom. The summed E-state index contributed by atoms with van der Waals surface area (Å²) in [6, 6.07) is 18.7. The van der Waals surface area contributed by atoms with Crippen LogP contribution in [0.1, 0.15) is 21.5 Å². The number of rotatable bonds is 9. The second-order valence-electron chi connectivity index (χ2n) is 7.23. The molecule has 0 saturated heterocycles. The van der Waals surface area contributed by atoms with Crippen LogP contribution in [-0.4, -0.2) is 34.6 Å². The molecule has 7 nitrogen and oxygen atoms in total. The molecule has 32 heavy (non-hydrogen) atoms. The maximum atomic E-state index is 12.9. The number of anilines is 1. The lowest BCUT2D eigenvalue weighted by Crippen LogP contribution is -2.28. The van der Waals surface area contributed by atoms with Crippen molar-refractivity contribution in [2.24, 2.45) is 0 Å². The van der Waals surface area contributed by atoms with Crippen molar-refractivity contribution >= 4 is 21.6 Å². The Morgan fingerprint density at radius 3 is 2.22 bits per heavy atom. The van der Waals surface area contributed by atoms with E-state index in [1.165, 1.54) is 13.2 Å². The van der Waals surface area contributed by atoms with Gasteiger partial charge in [0.15, 0.2) is 0 Å². The van der Waals surface area contributed by atoms with Crippen LogP contribution >= 0.6 is 0 Å². The van der Waals surface area contributed by atoms with E-state index < -0.39 is 10.0 Å². The highest BCUT2D eigenvalue weighted by Crippen LogP contribution is 2.22. The van der Waals surface area contributed by atoms with Gasteiger partial charge in [-0.1, -0.05) is 23.8 Å². The van der Waals surface area contributed by atoms with E-state index in [2.05, 4.69) is 10.0 Å². The van der Waals surface area contributed by atoms with Gasteiger partial charge in [-0.15, -0.1) is 0 Å². The molecule has 0 saturated carbocycles. The Labute approximate surface area is 188 Å². The Morgan fingerprint density at radius 1 is 0.906 bits per heavy atom. The quantitative estimate of drug-likeness (QED) is 0.478. The van der Waals surface area contributed by atoms with Crippen molar-refractivity contribution in [3.63, 3.8) is 0 Å². The number of amides is 1. The van der Waals surface area contributed by atoms with Crippen molar-refractivity contribution in [2.45, 2.75) is 18.7 Å². The molecule has 0 aliphatic heterocycles. The van der Waals surface area contributed by atoms with Gasteiger partial charge in [-0.2, -0.15) is 0 Å². The van der Waals surface area contributed by atoms with Gasteiger partial charge in [0.2, 0.25) is 0 Å². The first-order valence-corrected chi connectivity index (χ1v) is 11.5. The Kier molecular flexibility index (Phi) is 7.37. The van der Waals surface area contributed by atoms with E-state index in [9.17, 15) is 13.2 Å². The normalized spacial score (nSPS) is 11.0. The monoisotopic (exact) mass is 454 g/mol. The van der Waals surface area contributed by atoms with Crippen molar-refractivity contribution in [1.82, 2.24) is 5.32 Å². The Balaban J connectivity index is 1.64. The Hall–Kier alpha value is -3.52. The minimum Gasteiger partial charge on any atom is -0.497 e. The van der Waals surface area contributed by atoms with Crippen molar-refractivity contribution < 1.29 is 22.7 Å². The first-order chi connectivity index (χ1) is 15.3. The predicted molar refractivity (Wildman–Crippen MR) is 124 cm³/mol. The smallest absolute Gasteiger partial charge is 0.262 e.